The highest BCUT2D eigenvalue weighted by atomic mass is 16.5. The van der Waals surface area contributed by atoms with Gasteiger partial charge in [0.25, 0.3) is 0 Å². The monoisotopic (exact) mass is 345 g/mol. The first-order chi connectivity index (χ1) is 12.1. The summed E-state index contributed by atoms with van der Waals surface area (Å²) < 4.78 is 13.2. The van der Waals surface area contributed by atoms with Gasteiger partial charge in [-0.2, -0.15) is 0 Å². The molecule has 1 aromatic carbocycles. The van der Waals surface area contributed by atoms with Crippen molar-refractivity contribution in [2.75, 3.05) is 26.8 Å². The lowest BCUT2D eigenvalue weighted by Crippen LogP contribution is -2.42. The molecule has 1 aromatic heterocycles. The zero-order chi connectivity index (χ0) is 17.7. The Morgan fingerprint density at radius 3 is 2.80 bits per heavy atom. The van der Waals surface area contributed by atoms with E-state index in [1.54, 1.807) is 11.8 Å². The summed E-state index contributed by atoms with van der Waals surface area (Å²) in [6.45, 7) is 3.92. The van der Waals surface area contributed by atoms with Crippen molar-refractivity contribution >= 4 is 5.91 Å². The minimum atomic E-state index is -0.462. The van der Waals surface area contributed by atoms with Crippen LogP contribution in [-0.2, 0) is 16.1 Å². The molecule has 0 unspecified atom stereocenters. The first-order valence-corrected chi connectivity index (χ1v) is 8.35. The lowest BCUT2D eigenvalue weighted by atomic mass is 10.0. The Kier molecular flexibility index (Phi) is 5.28. The maximum Gasteiger partial charge on any atom is 0.224 e. The van der Waals surface area contributed by atoms with Gasteiger partial charge >= 0.3 is 0 Å². The fraction of sp³-hybridized carbons (Fsp3) is 0.529. The molecule has 1 fully saturated rings. The molecule has 0 N–H and O–H groups in total. The molecule has 0 radical (unpaired) electrons. The number of benzene rings is 1. The second-order valence-corrected chi connectivity index (χ2v) is 6.25. The number of para-hydroxylation sites is 1. The van der Waals surface area contributed by atoms with E-state index in [4.69, 9.17) is 9.47 Å². The molecule has 8 nitrogen and oxygen atoms in total. The highest BCUT2D eigenvalue weighted by Crippen LogP contribution is 2.26. The number of amides is 1. The number of hydrogen-bond acceptors (Lipinski definition) is 6. The number of ether oxygens (including phenoxy) is 2. The molecule has 3 rings (SSSR count). The first kappa shape index (κ1) is 17.3. The minimum absolute atomic E-state index is 0.0773. The van der Waals surface area contributed by atoms with Gasteiger partial charge in [0.2, 0.25) is 5.91 Å². The summed E-state index contributed by atoms with van der Waals surface area (Å²) in [5.74, 6) is 1.59. The topological polar surface area (TPSA) is 82.4 Å². The van der Waals surface area contributed by atoms with Crippen LogP contribution in [0.5, 0.6) is 5.75 Å². The number of carbonyl (C=O) groups excluding carboxylic acids is 1. The zero-order valence-electron chi connectivity index (χ0n) is 14.6. The molecule has 0 bridgehead atoms. The Morgan fingerprint density at radius 1 is 1.32 bits per heavy atom. The molecule has 1 aliphatic rings. The number of rotatable bonds is 7. The average Bonchev–Trinajstić information content (AvgIpc) is 3.26. The van der Waals surface area contributed by atoms with Crippen LogP contribution in [0.3, 0.4) is 0 Å². The number of methoxy groups -OCH3 is 1. The largest absolute Gasteiger partial charge is 0.491 e. The van der Waals surface area contributed by atoms with Gasteiger partial charge in [-0.15, -0.1) is 5.10 Å². The third-order valence-corrected chi connectivity index (χ3v) is 4.60. The normalized spacial score (nSPS) is 20.0. The zero-order valence-corrected chi connectivity index (χ0v) is 14.6. The Balaban J connectivity index is 1.53. The summed E-state index contributed by atoms with van der Waals surface area (Å²) in [5, 5.41) is 11.3. The predicted molar refractivity (Wildman–Crippen MR) is 90.0 cm³/mol. The molecule has 0 aliphatic carbocycles. The lowest BCUT2D eigenvalue weighted by molar-refractivity contribution is -0.132. The standard InChI is InChI=1S/C17H23N5O3/c1-14-18-19-20-22(14)10-8-16(23)21-11-9-17(12-21,24-2)13-25-15-6-4-3-5-7-15/h3-7H,8-13H2,1-2H3/t17-/m0/s1. The van der Waals surface area contributed by atoms with Crippen LogP contribution in [0.2, 0.25) is 0 Å². The van der Waals surface area contributed by atoms with Gasteiger partial charge in [-0.25, -0.2) is 4.68 Å². The van der Waals surface area contributed by atoms with Gasteiger partial charge in [0.15, 0.2) is 0 Å². The van der Waals surface area contributed by atoms with Crippen molar-refractivity contribution in [3.8, 4) is 5.75 Å². The number of hydrogen-bond donors (Lipinski definition) is 0. The molecule has 1 amide bonds. The second-order valence-electron chi connectivity index (χ2n) is 6.25. The summed E-state index contributed by atoms with van der Waals surface area (Å²) in [4.78, 5) is 14.3. The summed E-state index contributed by atoms with van der Waals surface area (Å²) in [5.41, 5.74) is -0.462. The fourth-order valence-corrected chi connectivity index (χ4v) is 2.95. The number of aryl methyl sites for hydroxylation is 2. The molecule has 1 saturated heterocycles. The Hall–Kier alpha value is -2.48. The number of tetrazole rings is 1. The van der Waals surface area contributed by atoms with E-state index < -0.39 is 5.60 Å². The van der Waals surface area contributed by atoms with Crippen LogP contribution in [0.1, 0.15) is 18.7 Å². The number of aromatic nitrogens is 4. The van der Waals surface area contributed by atoms with E-state index in [1.165, 1.54) is 0 Å². The van der Waals surface area contributed by atoms with Crippen molar-refractivity contribution in [1.82, 2.24) is 25.1 Å². The van der Waals surface area contributed by atoms with Crippen LogP contribution in [0.15, 0.2) is 30.3 Å². The minimum Gasteiger partial charge on any atom is -0.491 e. The van der Waals surface area contributed by atoms with Crippen molar-refractivity contribution in [2.24, 2.45) is 0 Å². The summed E-state index contributed by atoms with van der Waals surface area (Å²) >= 11 is 0. The van der Waals surface area contributed by atoms with E-state index >= 15 is 0 Å². The SMILES string of the molecule is CO[C@@]1(COc2ccccc2)CCN(C(=O)CCn2nnnc2C)C1. The van der Waals surface area contributed by atoms with Gasteiger partial charge in [-0.1, -0.05) is 18.2 Å². The van der Waals surface area contributed by atoms with E-state index in [1.807, 2.05) is 42.2 Å². The molecule has 1 aliphatic heterocycles. The van der Waals surface area contributed by atoms with Gasteiger partial charge in [-0.05, 0) is 35.9 Å². The van der Waals surface area contributed by atoms with Crippen molar-refractivity contribution in [1.29, 1.82) is 0 Å². The molecule has 2 aromatic rings. The van der Waals surface area contributed by atoms with E-state index in [0.29, 0.717) is 38.5 Å². The Bertz CT molecular complexity index is 705. The van der Waals surface area contributed by atoms with Gasteiger partial charge in [0.1, 0.15) is 23.8 Å². The van der Waals surface area contributed by atoms with Crippen LogP contribution in [0.4, 0.5) is 0 Å². The summed E-state index contributed by atoms with van der Waals surface area (Å²) in [6, 6.07) is 9.63. The average molecular weight is 345 g/mol. The van der Waals surface area contributed by atoms with Crippen LogP contribution in [-0.4, -0.2) is 63.4 Å². The smallest absolute Gasteiger partial charge is 0.224 e. The molecule has 2 heterocycles. The molecule has 25 heavy (non-hydrogen) atoms. The van der Waals surface area contributed by atoms with Crippen LogP contribution < -0.4 is 4.74 Å². The maximum absolute atomic E-state index is 12.5. The first-order valence-electron chi connectivity index (χ1n) is 8.35. The third-order valence-electron chi connectivity index (χ3n) is 4.60. The van der Waals surface area contributed by atoms with Crippen LogP contribution in [0.25, 0.3) is 0 Å². The van der Waals surface area contributed by atoms with Crippen LogP contribution in [0, 0.1) is 6.92 Å². The van der Waals surface area contributed by atoms with E-state index in [9.17, 15) is 4.79 Å². The van der Waals surface area contributed by atoms with Crippen molar-refractivity contribution < 1.29 is 14.3 Å². The number of nitrogens with zero attached hydrogens (tertiary/aromatic N) is 5. The molecule has 1 atom stereocenters. The molecule has 134 valence electrons. The fourth-order valence-electron chi connectivity index (χ4n) is 2.95. The number of carbonyl (C=O) groups is 1. The van der Waals surface area contributed by atoms with E-state index in [-0.39, 0.29) is 5.91 Å². The summed E-state index contributed by atoms with van der Waals surface area (Å²) in [6.07, 6.45) is 1.12. The Labute approximate surface area is 146 Å². The Morgan fingerprint density at radius 2 is 2.12 bits per heavy atom. The van der Waals surface area contributed by atoms with Gasteiger partial charge in [-0.3, -0.25) is 4.79 Å². The van der Waals surface area contributed by atoms with Gasteiger partial charge < -0.3 is 14.4 Å². The van der Waals surface area contributed by atoms with E-state index in [2.05, 4.69) is 15.5 Å². The molecule has 8 heteroatoms. The third kappa shape index (κ3) is 4.14. The van der Waals surface area contributed by atoms with Crippen LogP contribution >= 0.6 is 0 Å². The molecular formula is C17H23N5O3. The van der Waals surface area contributed by atoms with E-state index in [0.717, 1.165) is 12.2 Å². The highest BCUT2D eigenvalue weighted by molar-refractivity contribution is 5.76. The van der Waals surface area contributed by atoms with Crippen molar-refractivity contribution in [3.63, 3.8) is 0 Å². The van der Waals surface area contributed by atoms with Gasteiger partial charge in [0.05, 0.1) is 13.1 Å². The highest BCUT2D eigenvalue weighted by Gasteiger charge is 2.41. The quantitative estimate of drug-likeness (QED) is 0.746. The van der Waals surface area contributed by atoms with Crippen molar-refractivity contribution in [3.05, 3.63) is 36.2 Å². The predicted octanol–water partition coefficient (Wildman–Crippen LogP) is 1.07. The second kappa shape index (κ2) is 7.60. The number of likely N-dealkylation sites (tertiary alicyclic amines) is 1. The van der Waals surface area contributed by atoms with Gasteiger partial charge in [0, 0.05) is 20.1 Å². The van der Waals surface area contributed by atoms with Crippen molar-refractivity contribution in [2.45, 2.75) is 31.9 Å². The maximum atomic E-state index is 12.5. The molecular weight excluding hydrogens is 322 g/mol. The molecule has 0 spiro atoms. The molecule has 0 saturated carbocycles. The summed E-state index contributed by atoms with van der Waals surface area (Å²) in [7, 11) is 1.67. The lowest BCUT2D eigenvalue weighted by Gasteiger charge is -2.28.